The molecule has 3 N–H and O–H groups in total. The first-order chi connectivity index (χ1) is 8.69. The standard InChI is InChI=1S/C15H23N3/c1-2-9-18(10-12-3-4-12)11-13-5-7-14(8-6-13)15(16)17/h5-8,12H,2-4,9-11H2,1H3,(H3,16,17). The van der Waals surface area contributed by atoms with Crippen molar-refractivity contribution in [3.63, 3.8) is 0 Å². The van der Waals surface area contributed by atoms with Crippen LogP contribution in [0.1, 0.15) is 37.3 Å². The molecule has 98 valence electrons. The van der Waals surface area contributed by atoms with Gasteiger partial charge in [-0.2, -0.15) is 0 Å². The summed E-state index contributed by atoms with van der Waals surface area (Å²) in [6.07, 6.45) is 4.02. The lowest BCUT2D eigenvalue weighted by Crippen LogP contribution is -2.26. The number of hydrogen-bond acceptors (Lipinski definition) is 2. The van der Waals surface area contributed by atoms with Gasteiger partial charge in [0.15, 0.2) is 0 Å². The molecule has 1 fully saturated rings. The second kappa shape index (κ2) is 6.01. The van der Waals surface area contributed by atoms with Crippen molar-refractivity contribution in [2.75, 3.05) is 13.1 Å². The van der Waals surface area contributed by atoms with Crippen molar-refractivity contribution in [1.29, 1.82) is 5.41 Å². The normalized spacial score (nSPS) is 15.0. The van der Waals surface area contributed by atoms with Crippen molar-refractivity contribution >= 4 is 5.84 Å². The molecule has 0 aromatic heterocycles. The van der Waals surface area contributed by atoms with Crippen LogP contribution >= 0.6 is 0 Å². The maximum atomic E-state index is 7.38. The monoisotopic (exact) mass is 245 g/mol. The van der Waals surface area contributed by atoms with E-state index < -0.39 is 0 Å². The lowest BCUT2D eigenvalue weighted by Gasteiger charge is -2.21. The Balaban J connectivity index is 1.94. The molecule has 1 aliphatic rings. The Labute approximate surface area is 109 Å². The lowest BCUT2D eigenvalue weighted by atomic mass is 10.1. The van der Waals surface area contributed by atoms with E-state index in [1.165, 1.54) is 37.9 Å². The van der Waals surface area contributed by atoms with Gasteiger partial charge in [-0.15, -0.1) is 0 Å². The summed E-state index contributed by atoms with van der Waals surface area (Å²) in [5.41, 5.74) is 7.58. The highest BCUT2D eigenvalue weighted by Crippen LogP contribution is 2.30. The smallest absolute Gasteiger partial charge is 0.122 e. The maximum absolute atomic E-state index is 7.38. The van der Waals surface area contributed by atoms with Crippen LogP contribution in [0, 0.1) is 11.3 Å². The molecule has 0 aliphatic heterocycles. The highest BCUT2D eigenvalue weighted by molar-refractivity contribution is 5.94. The molecule has 1 saturated carbocycles. The fourth-order valence-electron chi connectivity index (χ4n) is 2.26. The summed E-state index contributed by atoms with van der Waals surface area (Å²) in [7, 11) is 0. The molecule has 0 radical (unpaired) electrons. The molecule has 0 unspecified atom stereocenters. The van der Waals surface area contributed by atoms with Gasteiger partial charge in [-0.3, -0.25) is 10.3 Å². The highest BCUT2D eigenvalue weighted by Gasteiger charge is 2.23. The van der Waals surface area contributed by atoms with E-state index in [0.29, 0.717) is 0 Å². The second-order valence-electron chi connectivity index (χ2n) is 5.29. The van der Waals surface area contributed by atoms with E-state index in [0.717, 1.165) is 18.0 Å². The van der Waals surface area contributed by atoms with Gasteiger partial charge in [-0.25, -0.2) is 0 Å². The summed E-state index contributed by atoms with van der Waals surface area (Å²) < 4.78 is 0. The molecule has 0 spiro atoms. The van der Waals surface area contributed by atoms with Crippen molar-refractivity contribution in [2.45, 2.75) is 32.7 Å². The third-order valence-corrected chi connectivity index (χ3v) is 3.42. The van der Waals surface area contributed by atoms with Crippen molar-refractivity contribution in [1.82, 2.24) is 4.90 Å². The number of nitrogen functional groups attached to an aromatic ring is 1. The van der Waals surface area contributed by atoms with Crippen molar-refractivity contribution < 1.29 is 0 Å². The average Bonchev–Trinajstić information content (AvgIpc) is 3.14. The van der Waals surface area contributed by atoms with Crippen LogP contribution < -0.4 is 5.73 Å². The van der Waals surface area contributed by atoms with Crippen molar-refractivity contribution in [3.05, 3.63) is 35.4 Å². The predicted molar refractivity (Wildman–Crippen MR) is 75.8 cm³/mol. The molecule has 0 atom stereocenters. The second-order valence-corrected chi connectivity index (χ2v) is 5.29. The van der Waals surface area contributed by atoms with E-state index in [2.05, 4.69) is 24.0 Å². The zero-order valence-electron chi connectivity index (χ0n) is 11.2. The van der Waals surface area contributed by atoms with Gasteiger partial charge >= 0.3 is 0 Å². The van der Waals surface area contributed by atoms with Gasteiger partial charge in [0, 0.05) is 18.7 Å². The van der Waals surface area contributed by atoms with E-state index in [9.17, 15) is 0 Å². The first-order valence-corrected chi connectivity index (χ1v) is 6.84. The summed E-state index contributed by atoms with van der Waals surface area (Å²) in [6, 6.07) is 8.07. The van der Waals surface area contributed by atoms with E-state index in [4.69, 9.17) is 11.1 Å². The van der Waals surface area contributed by atoms with E-state index >= 15 is 0 Å². The van der Waals surface area contributed by atoms with Gasteiger partial charge in [0.2, 0.25) is 0 Å². The summed E-state index contributed by atoms with van der Waals surface area (Å²) >= 11 is 0. The molecule has 0 saturated heterocycles. The Morgan fingerprint density at radius 2 is 2.00 bits per heavy atom. The van der Waals surface area contributed by atoms with Crippen molar-refractivity contribution in [3.8, 4) is 0 Å². The lowest BCUT2D eigenvalue weighted by molar-refractivity contribution is 0.255. The molecule has 3 nitrogen and oxygen atoms in total. The fourth-order valence-corrected chi connectivity index (χ4v) is 2.26. The Morgan fingerprint density at radius 3 is 2.50 bits per heavy atom. The Morgan fingerprint density at radius 1 is 1.33 bits per heavy atom. The zero-order chi connectivity index (χ0) is 13.0. The molecular weight excluding hydrogens is 222 g/mol. The number of nitrogens with zero attached hydrogens (tertiary/aromatic N) is 1. The van der Waals surface area contributed by atoms with Crippen LogP contribution in [0.25, 0.3) is 0 Å². The topological polar surface area (TPSA) is 53.1 Å². The zero-order valence-corrected chi connectivity index (χ0v) is 11.2. The number of nitrogens with two attached hydrogens (primary N) is 1. The summed E-state index contributed by atoms with van der Waals surface area (Å²) in [4.78, 5) is 2.54. The van der Waals surface area contributed by atoms with Crippen molar-refractivity contribution in [2.24, 2.45) is 11.7 Å². The van der Waals surface area contributed by atoms with Crippen LogP contribution in [0.2, 0.25) is 0 Å². The summed E-state index contributed by atoms with van der Waals surface area (Å²) in [6.45, 7) is 5.66. The maximum Gasteiger partial charge on any atom is 0.122 e. The van der Waals surface area contributed by atoms with Crippen LogP contribution in [0.4, 0.5) is 0 Å². The molecule has 0 bridgehead atoms. The number of nitrogens with one attached hydrogen (secondary N) is 1. The van der Waals surface area contributed by atoms with Gasteiger partial charge < -0.3 is 5.73 Å². The van der Waals surface area contributed by atoms with Gasteiger partial charge in [0.05, 0.1) is 0 Å². The molecule has 1 aromatic rings. The largest absolute Gasteiger partial charge is 0.384 e. The van der Waals surface area contributed by atoms with Gasteiger partial charge in [-0.1, -0.05) is 31.2 Å². The van der Waals surface area contributed by atoms with E-state index in [1.807, 2.05) is 12.1 Å². The Bertz CT molecular complexity index is 393. The van der Waals surface area contributed by atoms with Crippen LogP contribution in [0.15, 0.2) is 24.3 Å². The van der Waals surface area contributed by atoms with Gasteiger partial charge in [0.25, 0.3) is 0 Å². The van der Waals surface area contributed by atoms with E-state index in [1.54, 1.807) is 0 Å². The number of hydrogen-bond donors (Lipinski definition) is 2. The SMILES string of the molecule is CCCN(Cc1ccc(C(=N)N)cc1)CC1CC1. The van der Waals surface area contributed by atoms with Gasteiger partial charge in [0.1, 0.15) is 5.84 Å². The van der Waals surface area contributed by atoms with E-state index in [-0.39, 0.29) is 5.84 Å². The molecular formula is C15H23N3. The first kappa shape index (κ1) is 13.1. The van der Waals surface area contributed by atoms with Gasteiger partial charge in [-0.05, 0) is 37.3 Å². The molecule has 3 heteroatoms. The average molecular weight is 245 g/mol. The third kappa shape index (κ3) is 3.84. The van der Waals surface area contributed by atoms with Crippen LogP contribution in [-0.4, -0.2) is 23.8 Å². The minimum absolute atomic E-state index is 0.143. The number of benzene rings is 1. The summed E-state index contributed by atoms with van der Waals surface area (Å²) in [5.74, 6) is 1.08. The molecule has 1 aromatic carbocycles. The number of amidine groups is 1. The highest BCUT2D eigenvalue weighted by atomic mass is 15.1. The minimum atomic E-state index is 0.143. The Hall–Kier alpha value is -1.35. The molecule has 1 aliphatic carbocycles. The van der Waals surface area contributed by atoms with Crippen LogP contribution in [0.5, 0.6) is 0 Å². The molecule has 2 rings (SSSR count). The summed E-state index contributed by atoms with van der Waals surface area (Å²) in [5, 5.41) is 7.38. The first-order valence-electron chi connectivity index (χ1n) is 6.84. The molecule has 0 amide bonds. The number of rotatable bonds is 7. The molecule has 18 heavy (non-hydrogen) atoms. The Kier molecular flexibility index (Phi) is 4.37. The quantitative estimate of drug-likeness (QED) is 0.573. The predicted octanol–water partition coefficient (Wildman–Crippen LogP) is 2.59. The van der Waals surface area contributed by atoms with Crippen LogP contribution in [0.3, 0.4) is 0 Å². The minimum Gasteiger partial charge on any atom is -0.384 e. The fraction of sp³-hybridized carbons (Fsp3) is 0.533. The third-order valence-electron chi connectivity index (χ3n) is 3.42. The molecule has 0 heterocycles. The van der Waals surface area contributed by atoms with Crippen LogP contribution in [-0.2, 0) is 6.54 Å².